The average molecular weight is 283 g/mol. The van der Waals surface area contributed by atoms with Crippen molar-refractivity contribution in [1.82, 2.24) is 14.9 Å². The molecule has 0 aliphatic heterocycles. The van der Waals surface area contributed by atoms with Crippen LogP contribution in [0.4, 0.5) is 0 Å². The van der Waals surface area contributed by atoms with Gasteiger partial charge in [0.25, 0.3) is 5.56 Å². The molecule has 2 rings (SSSR count). The lowest BCUT2D eigenvalue weighted by Gasteiger charge is -2.07. The van der Waals surface area contributed by atoms with Gasteiger partial charge in [-0.15, -0.1) is 6.42 Å². The highest BCUT2D eigenvalue weighted by Gasteiger charge is 2.06. The van der Waals surface area contributed by atoms with Crippen molar-refractivity contribution in [2.24, 2.45) is 0 Å². The summed E-state index contributed by atoms with van der Waals surface area (Å²) in [6.07, 6.45) is 7.50. The normalized spacial score (nSPS) is 10.3. The van der Waals surface area contributed by atoms with Gasteiger partial charge in [0, 0.05) is 13.0 Å². The molecule has 0 spiro atoms. The van der Waals surface area contributed by atoms with E-state index in [1.54, 1.807) is 6.07 Å². The molecule has 1 N–H and O–H groups in total. The van der Waals surface area contributed by atoms with Crippen LogP contribution in [-0.4, -0.2) is 22.0 Å². The van der Waals surface area contributed by atoms with E-state index in [0.717, 1.165) is 11.1 Å². The van der Waals surface area contributed by atoms with Gasteiger partial charge < -0.3 is 5.32 Å². The number of terminal acetylenes is 1. The van der Waals surface area contributed by atoms with Crippen LogP contribution >= 0.6 is 0 Å². The van der Waals surface area contributed by atoms with Gasteiger partial charge in [-0.1, -0.05) is 18.1 Å². The Morgan fingerprint density at radius 2 is 2.29 bits per heavy atom. The number of aromatic nitrogens is 2. The summed E-state index contributed by atoms with van der Waals surface area (Å²) in [6, 6.07) is 5.54. The molecule has 0 aliphatic carbocycles. The van der Waals surface area contributed by atoms with E-state index in [2.05, 4.69) is 16.2 Å². The number of hydrogen-bond donors (Lipinski definition) is 1. The quantitative estimate of drug-likeness (QED) is 0.840. The lowest BCUT2D eigenvalue weighted by Crippen LogP contribution is -2.25. The number of aryl methyl sites for hydroxylation is 2. The molecule has 1 heterocycles. The van der Waals surface area contributed by atoms with Crippen LogP contribution in [0.25, 0.3) is 10.9 Å². The molecule has 1 amide bonds. The van der Waals surface area contributed by atoms with Gasteiger partial charge in [-0.3, -0.25) is 14.2 Å². The molecular formula is C16H17N3O2. The number of amides is 1. The van der Waals surface area contributed by atoms with E-state index >= 15 is 0 Å². The van der Waals surface area contributed by atoms with Crippen molar-refractivity contribution in [3.8, 4) is 12.3 Å². The van der Waals surface area contributed by atoms with Crippen LogP contribution in [0.3, 0.4) is 0 Å². The number of rotatable bonds is 5. The first-order valence-corrected chi connectivity index (χ1v) is 6.78. The Labute approximate surface area is 123 Å². The molecule has 0 unspecified atom stereocenters. The highest BCUT2D eigenvalue weighted by Crippen LogP contribution is 2.11. The SMILES string of the molecule is C#CCNC(=O)CCCn1cnc2c(C)cccc2c1=O. The number of nitrogens with zero attached hydrogens (tertiary/aromatic N) is 2. The van der Waals surface area contributed by atoms with Crippen LogP contribution in [0.2, 0.25) is 0 Å². The van der Waals surface area contributed by atoms with Gasteiger partial charge in [0.15, 0.2) is 0 Å². The Morgan fingerprint density at radius 1 is 1.48 bits per heavy atom. The second-order valence-corrected chi connectivity index (χ2v) is 4.80. The lowest BCUT2D eigenvalue weighted by atomic mass is 10.1. The first kappa shape index (κ1) is 14.8. The Morgan fingerprint density at radius 3 is 3.05 bits per heavy atom. The summed E-state index contributed by atoms with van der Waals surface area (Å²) in [5, 5.41) is 3.20. The molecule has 1 aromatic carbocycles. The molecule has 0 bridgehead atoms. The maximum Gasteiger partial charge on any atom is 0.261 e. The Hall–Kier alpha value is -2.61. The first-order chi connectivity index (χ1) is 10.1. The fourth-order valence-corrected chi connectivity index (χ4v) is 2.14. The number of carbonyl (C=O) groups excluding carboxylic acids is 1. The highest BCUT2D eigenvalue weighted by atomic mass is 16.1. The minimum atomic E-state index is -0.106. The number of nitrogens with one attached hydrogen (secondary N) is 1. The Kier molecular flexibility index (Phi) is 4.72. The molecule has 5 nitrogen and oxygen atoms in total. The lowest BCUT2D eigenvalue weighted by molar-refractivity contribution is -0.120. The second kappa shape index (κ2) is 6.71. The van der Waals surface area contributed by atoms with Crippen LogP contribution < -0.4 is 10.9 Å². The molecule has 0 saturated carbocycles. The summed E-state index contributed by atoms with van der Waals surface area (Å²) in [5.41, 5.74) is 1.63. The zero-order valence-electron chi connectivity index (χ0n) is 11.9. The Balaban J connectivity index is 2.07. The summed E-state index contributed by atoms with van der Waals surface area (Å²) in [6.45, 7) is 2.61. The topological polar surface area (TPSA) is 64.0 Å². The zero-order chi connectivity index (χ0) is 15.2. The van der Waals surface area contributed by atoms with Crippen LogP contribution in [0.5, 0.6) is 0 Å². The molecule has 0 saturated heterocycles. The number of para-hydroxylation sites is 1. The van der Waals surface area contributed by atoms with E-state index in [4.69, 9.17) is 6.42 Å². The minimum absolute atomic E-state index is 0.0762. The standard InChI is InChI=1S/C16H17N3O2/c1-3-9-17-14(20)8-5-10-19-11-18-15-12(2)6-4-7-13(15)16(19)21/h1,4,6-7,11H,5,8-10H2,2H3,(H,17,20). The van der Waals surface area contributed by atoms with E-state index in [1.807, 2.05) is 19.1 Å². The summed E-state index contributed by atoms with van der Waals surface area (Å²) in [5.74, 6) is 2.24. The number of benzene rings is 1. The van der Waals surface area contributed by atoms with E-state index < -0.39 is 0 Å². The predicted molar refractivity (Wildman–Crippen MR) is 81.8 cm³/mol. The summed E-state index contributed by atoms with van der Waals surface area (Å²) in [7, 11) is 0. The van der Waals surface area contributed by atoms with Crippen molar-refractivity contribution in [2.75, 3.05) is 6.54 Å². The van der Waals surface area contributed by atoms with E-state index in [0.29, 0.717) is 24.8 Å². The maximum atomic E-state index is 12.3. The molecule has 0 fully saturated rings. The van der Waals surface area contributed by atoms with Gasteiger partial charge in [-0.2, -0.15) is 0 Å². The Bertz CT molecular complexity index is 756. The third kappa shape index (κ3) is 3.48. The van der Waals surface area contributed by atoms with E-state index in [9.17, 15) is 9.59 Å². The monoisotopic (exact) mass is 283 g/mol. The molecular weight excluding hydrogens is 266 g/mol. The van der Waals surface area contributed by atoms with Crippen molar-refractivity contribution < 1.29 is 4.79 Å². The van der Waals surface area contributed by atoms with Crippen LogP contribution in [0.1, 0.15) is 18.4 Å². The molecule has 2 aromatic rings. The number of fused-ring (bicyclic) bond motifs is 1. The molecule has 0 aliphatic rings. The molecule has 5 heteroatoms. The molecule has 1 aromatic heterocycles. The van der Waals surface area contributed by atoms with Crippen molar-refractivity contribution in [1.29, 1.82) is 0 Å². The summed E-state index contributed by atoms with van der Waals surface area (Å²) < 4.78 is 1.54. The van der Waals surface area contributed by atoms with Gasteiger partial charge in [0.1, 0.15) is 0 Å². The third-order valence-corrected chi connectivity index (χ3v) is 3.25. The van der Waals surface area contributed by atoms with Gasteiger partial charge in [-0.25, -0.2) is 4.98 Å². The van der Waals surface area contributed by atoms with Gasteiger partial charge >= 0.3 is 0 Å². The molecule has 0 radical (unpaired) electrons. The summed E-state index contributed by atoms with van der Waals surface area (Å²) in [4.78, 5) is 28.1. The van der Waals surface area contributed by atoms with Gasteiger partial charge in [0.05, 0.1) is 23.8 Å². The van der Waals surface area contributed by atoms with Gasteiger partial charge in [0.2, 0.25) is 5.91 Å². The fraction of sp³-hybridized carbons (Fsp3) is 0.312. The third-order valence-electron chi connectivity index (χ3n) is 3.25. The molecule has 0 atom stereocenters. The van der Waals surface area contributed by atoms with Crippen molar-refractivity contribution in [2.45, 2.75) is 26.3 Å². The molecule has 108 valence electrons. The van der Waals surface area contributed by atoms with Crippen LogP contribution in [0, 0.1) is 19.3 Å². The average Bonchev–Trinajstić information content (AvgIpc) is 2.48. The fourth-order valence-electron chi connectivity index (χ4n) is 2.14. The van der Waals surface area contributed by atoms with Gasteiger partial charge in [-0.05, 0) is 25.0 Å². The van der Waals surface area contributed by atoms with E-state index in [1.165, 1.54) is 10.9 Å². The summed E-state index contributed by atoms with van der Waals surface area (Å²) >= 11 is 0. The minimum Gasteiger partial charge on any atom is -0.345 e. The largest absolute Gasteiger partial charge is 0.345 e. The van der Waals surface area contributed by atoms with Crippen molar-refractivity contribution >= 4 is 16.8 Å². The number of hydrogen-bond acceptors (Lipinski definition) is 3. The van der Waals surface area contributed by atoms with Crippen molar-refractivity contribution in [3.05, 3.63) is 40.4 Å². The van der Waals surface area contributed by atoms with Crippen LogP contribution in [-0.2, 0) is 11.3 Å². The zero-order valence-corrected chi connectivity index (χ0v) is 11.9. The molecule has 21 heavy (non-hydrogen) atoms. The smallest absolute Gasteiger partial charge is 0.261 e. The predicted octanol–water partition coefficient (Wildman–Crippen LogP) is 1.23. The van der Waals surface area contributed by atoms with Crippen molar-refractivity contribution in [3.63, 3.8) is 0 Å². The first-order valence-electron chi connectivity index (χ1n) is 6.78. The maximum absolute atomic E-state index is 12.3. The highest BCUT2D eigenvalue weighted by molar-refractivity contribution is 5.80. The second-order valence-electron chi connectivity index (χ2n) is 4.80. The van der Waals surface area contributed by atoms with Crippen LogP contribution in [0.15, 0.2) is 29.3 Å². The van der Waals surface area contributed by atoms with E-state index in [-0.39, 0.29) is 18.0 Å². The number of carbonyl (C=O) groups is 1.